The molecule has 4 heteroatoms. The highest BCUT2D eigenvalue weighted by Crippen LogP contribution is 2.45. The zero-order chi connectivity index (χ0) is 10.3. The van der Waals surface area contributed by atoms with E-state index in [-0.39, 0.29) is 24.4 Å². The molecular formula is C10H18O4. The summed E-state index contributed by atoms with van der Waals surface area (Å²) >= 11 is 0. The van der Waals surface area contributed by atoms with Crippen LogP contribution in [0.3, 0.4) is 0 Å². The van der Waals surface area contributed by atoms with Gasteiger partial charge in [-0.15, -0.1) is 0 Å². The van der Waals surface area contributed by atoms with E-state index in [9.17, 15) is 0 Å². The van der Waals surface area contributed by atoms with Crippen LogP contribution >= 0.6 is 0 Å². The third-order valence-electron chi connectivity index (χ3n) is 3.32. The Morgan fingerprint density at radius 1 is 1.29 bits per heavy atom. The summed E-state index contributed by atoms with van der Waals surface area (Å²) in [6.07, 6.45) is 0.164. The van der Waals surface area contributed by atoms with Crippen molar-refractivity contribution in [3.05, 3.63) is 0 Å². The first-order chi connectivity index (χ1) is 6.65. The molecule has 0 saturated carbocycles. The van der Waals surface area contributed by atoms with E-state index in [1.807, 2.05) is 13.8 Å². The fraction of sp³-hybridized carbons (Fsp3) is 1.00. The van der Waals surface area contributed by atoms with Gasteiger partial charge in [0.1, 0.15) is 17.8 Å². The number of ether oxygens (including phenoxy) is 4. The van der Waals surface area contributed by atoms with Crippen molar-refractivity contribution in [1.29, 1.82) is 0 Å². The molecule has 2 aliphatic heterocycles. The van der Waals surface area contributed by atoms with E-state index in [1.165, 1.54) is 0 Å². The average molecular weight is 202 g/mol. The Bertz CT molecular complexity index is 220. The van der Waals surface area contributed by atoms with Crippen molar-refractivity contribution in [2.75, 3.05) is 20.8 Å². The molecule has 0 aromatic carbocycles. The van der Waals surface area contributed by atoms with Gasteiger partial charge >= 0.3 is 0 Å². The summed E-state index contributed by atoms with van der Waals surface area (Å²) in [5, 5.41) is 0. The topological polar surface area (TPSA) is 36.9 Å². The van der Waals surface area contributed by atoms with Crippen LogP contribution < -0.4 is 0 Å². The number of methoxy groups -OCH3 is 2. The highest BCUT2D eigenvalue weighted by Gasteiger charge is 2.64. The van der Waals surface area contributed by atoms with Gasteiger partial charge < -0.3 is 18.9 Å². The smallest absolute Gasteiger partial charge is 0.146 e. The molecule has 2 rings (SSSR count). The second-order valence-electron chi connectivity index (χ2n) is 4.11. The van der Waals surface area contributed by atoms with Gasteiger partial charge in [-0.2, -0.15) is 0 Å². The summed E-state index contributed by atoms with van der Waals surface area (Å²) in [4.78, 5) is 0. The Morgan fingerprint density at radius 3 is 2.57 bits per heavy atom. The molecule has 0 N–H and O–H groups in total. The summed E-state index contributed by atoms with van der Waals surface area (Å²) in [6.45, 7) is 4.55. The fourth-order valence-electron chi connectivity index (χ4n) is 2.66. The third-order valence-corrected chi connectivity index (χ3v) is 3.32. The van der Waals surface area contributed by atoms with Crippen molar-refractivity contribution in [2.24, 2.45) is 0 Å². The lowest BCUT2D eigenvalue weighted by Gasteiger charge is -2.34. The minimum absolute atomic E-state index is 0.00699. The zero-order valence-electron chi connectivity index (χ0n) is 9.15. The molecule has 0 aliphatic carbocycles. The lowest BCUT2D eigenvalue weighted by Crippen LogP contribution is -2.50. The first-order valence-corrected chi connectivity index (χ1v) is 5.00. The molecule has 0 aromatic heterocycles. The van der Waals surface area contributed by atoms with Gasteiger partial charge in [0.25, 0.3) is 0 Å². The summed E-state index contributed by atoms with van der Waals surface area (Å²) in [5.74, 6) is 0. The van der Waals surface area contributed by atoms with Gasteiger partial charge in [-0.3, -0.25) is 0 Å². The van der Waals surface area contributed by atoms with Gasteiger partial charge in [-0.1, -0.05) is 0 Å². The second kappa shape index (κ2) is 3.45. The maximum absolute atomic E-state index is 5.93. The maximum Gasteiger partial charge on any atom is 0.146 e. The molecule has 2 heterocycles. The van der Waals surface area contributed by atoms with Gasteiger partial charge in [0.05, 0.1) is 18.8 Å². The monoisotopic (exact) mass is 202 g/mol. The van der Waals surface area contributed by atoms with Crippen LogP contribution in [0.25, 0.3) is 0 Å². The first-order valence-electron chi connectivity index (χ1n) is 5.00. The van der Waals surface area contributed by atoms with Gasteiger partial charge in [0, 0.05) is 14.2 Å². The van der Waals surface area contributed by atoms with Crippen LogP contribution in [0.2, 0.25) is 0 Å². The third kappa shape index (κ3) is 1.15. The highest BCUT2D eigenvalue weighted by molar-refractivity contribution is 5.11. The molecule has 82 valence electrons. The van der Waals surface area contributed by atoms with Crippen molar-refractivity contribution < 1.29 is 18.9 Å². The van der Waals surface area contributed by atoms with Gasteiger partial charge in [0.2, 0.25) is 0 Å². The molecule has 0 radical (unpaired) electrons. The van der Waals surface area contributed by atoms with E-state index >= 15 is 0 Å². The largest absolute Gasteiger partial charge is 0.381 e. The number of hydrogen-bond acceptors (Lipinski definition) is 4. The molecule has 1 unspecified atom stereocenters. The Hall–Kier alpha value is -0.160. The summed E-state index contributed by atoms with van der Waals surface area (Å²) in [7, 11) is 3.37. The minimum Gasteiger partial charge on any atom is -0.381 e. The summed E-state index contributed by atoms with van der Waals surface area (Å²) in [5.41, 5.74) is -0.409. The lowest BCUT2D eigenvalue weighted by atomic mass is 9.94. The maximum atomic E-state index is 5.93. The van der Waals surface area contributed by atoms with Gasteiger partial charge in [0.15, 0.2) is 0 Å². The lowest BCUT2D eigenvalue weighted by molar-refractivity contribution is -0.194. The van der Waals surface area contributed by atoms with E-state index in [0.717, 1.165) is 0 Å². The Kier molecular flexibility index (Phi) is 2.55. The van der Waals surface area contributed by atoms with E-state index in [0.29, 0.717) is 6.61 Å². The highest BCUT2D eigenvalue weighted by atomic mass is 16.7. The van der Waals surface area contributed by atoms with Crippen molar-refractivity contribution >= 4 is 0 Å². The Labute approximate surface area is 84.5 Å². The molecule has 5 atom stereocenters. The van der Waals surface area contributed by atoms with Crippen LogP contribution in [0.15, 0.2) is 0 Å². The van der Waals surface area contributed by atoms with E-state index in [1.54, 1.807) is 14.2 Å². The average Bonchev–Trinajstić information content (AvgIpc) is 2.54. The number of hydrogen-bond donors (Lipinski definition) is 0. The Morgan fingerprint density at radius 2 is 2.00 bits per heavy atom. The molecular weight excluding hydrogens is 184 g/mol. The van der Waals surface area contributed by atoms with Crippen molar-refractivity contribution in [3.8, 4) is 0 Å². The molecule has 0 spiro atoms. The van der Waals surface area contributed by atoms with E-state index in [4.69, 9.17) is 18.9 Å². The molecule has 0 amide bonds. The van der Waals surface area contributed by atoms with Crippen molar-refractivity contribution in [2.45, 2.75) is 43.9 Å². The summed E-state index contributed by atoms with van der Waals surface area (Å²) < 4.78 is 22.4. The number of rotatable bonds is 3. The molecule has 2 bridgehead atoms. The van der Waals surface area contributed by atoms with Crippen LogP contribution in [0.4, 0.5) is 0 Å². The van der Waals surface area contributed by atoms with Crippen molar-refractivity contribution in [1.82, 2.24) is 0 Å². The molecule has 2 saturated heterocycles. The minimum atomic E-state index is -0.409. The van der Waals surface area contributed by atoms with E-state index < -0.39 is 5.60 Å². The van der Waals surface area contributed by atoms with E-state index in [2.05, 4.69) is 0 Å². The van der Waals surface area contributed by atoms with Gasteiger partial charge in [-0.05, 0) is 13.8 Å². The molecule has 2 fully saturated rings. The zero-order valence-corrected chi connectivity index (χ0v) is 9.15. The Balaban J connectivity index is 2.25. The van der Waals surface area contributed by atoms with Crippen LogP contribution in [-0.4, -0.2) is 50.8 Å². The standard InChI is InChI=1S/C10H18O4/c1-6-8-9(12-4)10(14-6,5-11-3)7(2)13-8/h6-9H,5H2,1-4H3/t6-,7-,8-,9?,10-/m0/s1. The van der Waals surface area contributed by atoms with Crippen LogP contribution in [0.5, 0.6) is 0 Å². The first kappa shape index (κ1) is 10.4. The molecule has 14 heavy (non-hydrogen) atoms. The van der Waals surface area contributed by atoms with Crippen molar-refractivity contribution in [3.63, 3.8) is 0 Å². The molecule has 0 aromatic rings. The predicted molar refractivity (Wildman–Crippen MR) is 50.3 cm³/mol. The quantitative estimate of drug-likeness (QED) is 0.671. The predicted octanol–water partition coefficient (Wildman–Crippen LogP) is 0.593. The molecule has 2 aliphatic rings. The number of fused-ring (bicyclic) bond motifs is 2. The normalized spacial score (nSPS) is 51.4. The van der Waals surface area contributed by atoms with Crippen LogP contribution in [0.1, 0.15) is 13.8 Å². The fourth-order valence-corrected chi connectivity index (χ4v) is 2.66. The van der Waals surface area contributed by atoms with Crippen LogP contribution in [-0.2, 0) is 18.9 Å². The SMILES string of the molecule is COC[C@]12O[C@@H](C)[C@H](O[C@H]1C)C2OC. The second-order valence-corrected chi connectivity index (χ2v) is 4.11. The molecule has 4 nitrogen and oxygen atoms in total. The van der Waals surface area contributed by atoms with Crippen LogP contribution in [0, 0.1) is 0 Å². The van der Waals surface area contributed by atoms with Gasteiger partial charge in [-0.25, -0.2) is 0 Å². The summed E-state index contributed by atoms with van der Waals surface area (Å²) in [6, 6.07) is 0.